The molecule has 0 radical (unpaired) electrons. The summed E-state index contributed by atoms with van der Waals surface area (Å²) in [6.45, 7) is 0. The van der Waals surface area contributed by atoms with Crippen LogP contribution < -0.4 is 0 Å². The Kier molecular flexibility index (Phi) is 7.42. The van der Waals surface area contributed by atoms with Gasteiger partial charge < -0.3 is 9.13 Å². The molecule has 11 rings (SSSR count). The molecule has 3 aromatic heterocycles. The van der Waals surface area contributed by atoms with Crippen molar-refractivity contribution in [2.24, 2.45) is 0 Å². The maximum absolute atomic E-state index is 5.00. The highest BCUT2D eigenvalue weighted by Gasteiger charge is 2.21. The lowest BCUT2D eigenvalue weighted by Gasteiger charge is -2.14. The molecular formula is C51H33N5. The maximum atomic E-state index is 5.00. The third kappa shape index (κ3) is 5.21. The zero-order valence-corrected chi connectivity index (χ0v) is 30.3. The number of fused-ring (bicyclic) bond motifs is 7. The molecule has 0 saturated heterocycles. The summed E-state index contributed by atoms with van der Waals surface area (Å²) in [7, 11) is 0. The van der Waals surface area contributed by atoms with Gasteiger partial charge in [0.15, 0.2) is 17.5 Å². The standard InChI is InChI=1S/C51H33N5/c1-4-15-34(16-5-1)38-21-14-22-40(33-38)56-46-26-13-11-24-42(46)44-32-31-43-41-23-10-12-25-45(41)55(47(43)48(44)56)39-29-27-37(28-30-39)51-53-49(35-17-6-2-7-18-35)52-50(54-51)36-19-8-3-9-20-36/h1-33H. The molecule has 0 unspecified atom stereocenters. The van der Waals surface area contributed by atoms with Gasteiger partial charge in [0.2, 0.25) is 0 Å². The topological polar surface area (TPSA) is 48.5 Å². The highest BCUT2D eigenvalue weighted by atomic mass is 15.1. The van der Waals surface area contributed by atoms with E-state index in [9.17, 15) is 0 Å². The van der Waals surface area contributed by atoms with Gasteiger partial charge in [0.1, 0.15) is 0 Å². The second kappa shape index (κ2) is 13.0. The normalized spacial score (nSPS) is 11.6. The number of para-hydroxylation sites is 2. The van der Waals surface area contributed by atoms with Crippen LogP contribution >= 0.6 is 0 Å². The smallest absolute Gasteiger partial charge is 0.164 e. The van der Waals surface area contributed by atoms with Gasteiger partial charge in [-0.25, -0.2) is 15.0 Å². The van der Waals surface area contributed by atoms with Crippen LogP contribution in [0, 0.1) is 0 Å². The fourth-order valence-electron chi connectivity index (χ4n) is 8.19. The lowest BCUT2D eigenvalue weighted by Crippen LogP contribution is -2.01. The van der Waals surface area contributed by atoms with Crippen molar-refractivity contribution in [1.29, 1.82) is 0 Å². The van der Waals surface area contributed by atoms with Crippen LogP contribution in [0.1, 0.15) is 0 Å². The highest BCUT2D eigenvalue weighted by molar-refractivity contribution is 6.23. The Bertz CT molecular complexity index is 3160. The summed E-state index contributed by atoms with van der Waals surface area (Å²) in [5.41, 5.74) is 12.0. The fraction of sp³-hybridized carbons (Fsp3) is 0. The molecule has 0 N–H and O–H groups in total. The Labute approximate surface area is 323 Å². The first-order chi connectivity index (χ1) is 27.8. The van der Waals surface area contributed by atoms with E-state index in [2.05, 4.69) is 149 Å². The summed E-state index contributed by atoms with van der Waals surface area (Å²) in [6, 6.07) is 70.4. The van der Waals surface area contributed by atoms with Crippen LogP contribution in [0.15, 0.2) is 200 Å². The molecule has 3 heterocycles. The van der Waals surface area contributed by atoms with Gasteiger partial charge in [0.05, 0.1) is 22.1 Å². The summed E-state index contributed by atoms with van der Waals surface area (Å²) < 4.78 is 4.87. The van der Waals surface area contributed by atoms with E-state index in [1.165, 1.54) is 43.7 Å². The predicted molar refractivity (Wildman–Crippen MR) is 230 cm³/mol. The van der Waals surface area contributed by atoms with Crippen molar-refractivity contribution in [3.63, 3.8) is 0 Å². The van der Waals surface area contributed by atoms with Crippen molar-refractivity contribution in [1.82, 2.24) is 24.1 Å². The number of aromatic nitrogens is 5. The Morgan fingerprint density at radius 2 is 0.679 bits per heavy atom. The molecule has 0 aliphatic carbocycles. The van der Waals surface area contributed by atoms with E-state index in [0.717, 1.165) is 39.1 Å². The van der Waals surface area contributed by atoms with E-state index in [4.69, 9.17) is 15.0 Å². The molecule has 0 saturated carbocycles. The van der Waals surface area contributed by atoms with Gasteiger partial charge in [-0.3, -0.25) is 0 Å². The molecule has 0 spiro atoms. The summed E-state index contributed by atoms with van der Waals surface area (Å²) >= 11 is 0. The Balaban J connectivity index is 1.14. The number of nitrogens with zero attached hydrogens (tertiary/aromatic N) is 5. The van der Waals surface area contributed by atoms with Crippen LogP contribution in [0.5, 0.6) is 0 Å². The lowest BCUT2D eigenvalue weighted by molar-refractivity contribution is 1.07. The molecule has 11 aromatic rings. The zero-order chi connectivity index (χ0) is 37.0. The number of rotatable bonds is 6. The average molecular weight is 716 g/mol. The molecule has 0 atom stereocenters. The van der Waals surface area contributed by atoms with Crippen molar-refractivity contribution in [3.05, 3.63) is 200 Å². The summed E-state index contributed by atoms with van der Waals surface area (Å²) in [6.07, 6.45) is 0. The molecule has 56 heavy (non-hydrogen) atoms. The lowest BCUT2D eigenvalue weighted by atomic mass is 10.1. The van der Waals surface area contributed by atoms with Gasteiger partial charge in [0.25, 0.3) is 0 Å². The van der Waals surface area contributed by atoms with Crippen molar-refractivity contribution >= 4 is 43.6 Å². The summed E-state index contributed by atoms with van der Waals surface area (Å²) in [4.78, 5) is 14.9. The molecule has 0 fully saturated rings. The minimum Gasteiger partial charge on any atom is -0.307 e. The Morgan fingerprint density at radius 1 is 0.268 bits per heavy atom. The van der Waals surface area contributed by atoms with E-state index in [1.807, 2.05) is 60.7 Å². The van der Waals surface area contributed by atoms with Crippen LogP contribution in [-0.4, -0.2) is 24.1 Å². The van der Waals surface area contributed by atoms with Crippen LogP contribution in [0.2, 0.25) is 0 Å². The van der Waals surface area contributed by atoms with Gasteiger partial charge in [-0.1, -0.05) is 152 Å². The van der Waals surface area contributed by atoms with Crippen LogP contribution in [0.4, 0.5) is 0 Å². The zero-order valence-electron chi connectivity index (χ0n) is 30.3. The van der Waals surface area contributed by atoms with E-state index in [0.29, 0.717) is 17.5 Å². The molecule has 8 aromatic carbocycles. The minimum absolute atomic E-state index is 0.632. The van der Waals surface area contributed by atoms with Crippen molar-refractivity contribution in [2.45, 2.75) is 0 Å². The molecule has 262 valence electrons. The molecule has 5 nitrogen and oxygen atoms in total. The van der Waals surface area contributed by atoms with Crippen molar-refractivity contribution in [2.75, 3.05) is 0 Å². The quantitative estimate of drug-likeness (QED) is 0.172. The van der Waals surface area contributed by atoms with E-state index >= 15 is 0 Å². The average Bonchev–Trinajstić information content (AvgIpc) is 3.80. The summed E-state index contributed by atoms with van der Waals surface area (Å²) in [5, 5.41) is 4.85. The first kappa shape index (κ1) is 31.9. The molecule has 0 aliphatic rings. The molecule has 0 amide bonds. The van der Waals surface area contributed by atoms with Crippen molar-refractivity contribution in [3.8, 4) is 56.7 Å². The monoisotopic (exact) mass is 715 g/mol. The molecule has 0 bridgehead atoms. The first-order valence-electron chi connectivity index (χ1n) is 18.9. The largest absolute Gasteiger partial charge is 0.307 e. The highest BCUT2D eigenvalue weighted by Crippen LogP contribution is 2.42. The van der Waals surface area contributed by atoms with Gasteiger partial charge in [-0.05, 0) is 59.7 Å². The van der Waals surface area contributed by atoms with Gasteiger partial charge in [0, 0.05) is 49.6 Å². The summed E-state index contributed by atoms with van der Waals surface area (Å²) in [5.74, 6) is 1.92. The van der Waals surface area contributed by atoms with Gasteiger partial charge >= 0.3 is 0 Å². The third-order valence-electron chi connectivity index (χ3n) is 10.8. The molecule has 0 aliphatic heterocycles. The number of benzene rings is 8. The second-order valence-corrected chi connectivity index (χ2v) is 14.1. The molecule has 5 heteroatoms. The van der Waals surface area contributed by atoms with Gasteiger partial charge in [-0.15, -0.1) is 0 Å². The Hall–Kier alpha value is -7.63. The maximum Gasteiger partial charge on any atom is 0.164 e. The SMILES string of the molecule is c1ccc(-c2cccc(-n3c4ccccc4c4ccc5c6ccccc6n(-c6ccc(-c7nc(-c8ccccc8)nc(-c8ccccc8)n7)cc6)c5c43)c2)cc1. The number of hydrogen-bond acceptors (Lipinski definition) is 3. The number of hydrogen-bond donors (Lipinski definition) is 0. The fourth-order valence-corrected chi connectivity index (χ4v) is 8.19. The molecular weight excluding hydrogens is 683 g/mol. The predicted octanol–water partition coefficient (Wildman–Crippen LogP) is 12.7. The van der Waals surface area contributed by atoms with Crippen LogP contribution in [-0.2, 0) is 0 Å². The van der Waals surface area contributed by atoms with Crippen LogP contribution in [0.25, 0.3) is 100 Å². The minimum atomic E-state index is 0.632. The first-order valence-corrected chi connectivity index (χ1v) is 18.9. The van der Waals surface area contributed by atoms with Crippen molar-refractivity contribution < 1.29 is 0 Å². The van der Waals surface area contributed by atoms with Crippen LogP contribution in [0.3, 0.4) is 0 Å². The van der Waals surface area contributed by atoms with Gasteiger partial charge in [-0.2, -0.15) is 0 Å². The van der Waals surface area contributed by atoms with E-state index in [-0.39, 0.29) is 0 Å². The third-order valence-corrected chi connectivity index (χ3v) is 10.8. The van der Waals surface area contributed by atoms with E-state index in [1.54, 1.807) is 0 Å². The Morgan fingerprint density at radius 3 is 1.20 bits per heavy atom. The van der Waals surface area contributed by atoms with E-state index < -0.39 is 0 Å². The second-order valence-electron chi connectivity index (χ2n) is 14.1.